The van der Waals surface area contributed by atoms with Crippen molar-refractivity contribution in [2.24, 2.45) is 0 Å². The van der Waals surface area contributed by atoms with Crippen LogP contribution in [-0.4, -0.2) is 12.1 Å². The highest BCUT2D eigenvalue weighted by atomic mass is 35.5. The van der Waals surface area contributed by atoms with Crippen LogP contribution in [0.5, 0.6) is 17.4 Å². The summed E-state index contributed by atoms with van der Waals surface area (Å²) in [5.41, 5.74) is 6.50. The molecular formula is C13H10ClN3O2. The van der Waals surface area contributed by atoms with Crippen LogP contribution in [0.15, 0.2) is 30.5 Å². The number of pyridine rings is 1. The van der Waals surface area contributed by atoms with Crippen molar-refractivity contribution in [3.63, 3.8) is 0 Å². The van der Waals surface area contributed by atoms with Gasteiger partial charge in [-0.3, -0.25) is 0 Å². The van der Waals surface area contributed by atoms with Gasteiger partial charge in [-0.25, -0.2) is 4.98 Å². The second-order valence-electron chi connectivity index (χ2n) is 3.60. The molecule has 2 N–H and O–H groups in total. The molecule has 1 aromatic heterocycles. The van der Waals surface area contributed by atoms with E-state index in [1.807, 2.05) is 6.07 Å². The van der Waals surface area contributed by atoms with Crippen LogP contribution >= 0.6 is 11.6 Å². The van der Waals surface area contributed by atoms with E-state index in [2.05, 4.69) is 4.98 Å². The minimum Gasteiger partial charge on any atom is -0.497 e. The van der Waals surface area contributed by atoms with Crippen LogP contribution in [-0.2, 0) is 0 Å². The molecule has 6 heteroatoms. The summed E-state index contributed by atoms with van der Waals surface area (Å²) in [5, 5.41) is 9.03. The molecule has 0 atom stereocenters. The number of hydrogen-bond acceptors (Lipinski definition) is 5. The molecule has 0 saturated heterocycles. The van der Waals surface area contributed by atoms with E-state index in [9.17, 15) is 0 Å². The zero-order valence-corrected chi connectivity index (χ0v) is 10.8. The fourth-order valence-electron chi connectivity index (χ4n) is 1.42. The van der Waals surface area contributed by atoms with E-state index in [1.54, 1.807) is 18.2 Å². The summed E-state index contributed by atoms with van der Waals surface area (Å²) < 4.78 is 10.6. The van der Waals surface area contributed by atoms with E-state index < -0.39 is 0 Å². The smallest absolute Gasteiger partial charge is 0.239 e. The van der Waals surface area contributed by atoms with Gasteiger partial charge in [-0.1, -0.05) is 11.6 Å². The van der Waals surface area contributed by atoms with E-state index >= 15 is 0 Å². The Morgan fingerprint density at radius 3 is 2.84 bits per heavy atom. The number of rotatable bonds is 3. The molecule has 0 radical (unpaired) electrons. The van der Waals surface area contributed by atoms with E-state index in [-0.39, 0.29) is 16.5 Å². The van der Waals surface area contributed by atoms with Crippen molar-refractivity contribution in [1.29, 1.82) is 5.26 Å². The lowest BCUT2D eigenvalue weighted by molar-refractivity contribution is 0.408. The molecule has 0 aliphatic heterocycles. The summed E-state index contributed by atoms with van der Waals surface area (Å²) in [6, 6.07) is 8.43. The van der Waals surface area contributed by atoms with Crippen LogP contribution in [0, 0.1) is 11.3 Å². The van der Waals surface area contributed by atoms with Crippen LogP contribution in [0.2, 0.25) is 5.02 Å². The molecule has 2 rings (SSSR count). The lowest BCUT2D eigenvalue weighted by Gasteiger charge is -2.10. The number of nitrogen functional groups attached to an aromatic ring is 1. The monoisotopic (exact) mass is 275 g/mol. The fourth-order valence-corrected chi connectivity index (χ4v) is 1.61. The maximum absolute atomic E-state index is 8.88. The quantitative estimate of drug-likeness (QED) is 0.871. The summed E-state index contributed by atoms with van der Waals surface area (Å²) in [6.07, 6.45) is 1.44. The maximum atomic E-state index is 8.88. The summed E-state index contributed by atoms with van der Waals surface area (Å²) in [4.78, 5) is 3.98. The van der Waals surface area contributed by atoms with Gasteiger partial charge >= 0.3 is 0 Å². The molecule has 0 fully saturated rings. The third-order valence-corrected chi connectivity index (χ3v) is 2.77. The molecule has 0 aliphatic carbocycles. The van der Waals surface area contributed by atoms with Crippen LogP contribution in [0.4, 0.5) is 5.69 Å². The minimum atomic E-state index is 0.126. The van der Waals surface area contributed by atoms with Gasteiger partial charge in [0, 0.05) is 12.3 Å². The Morgan fingerprint density at radius 1 is 1.37 bits per heavy atom. The minimum absolute atomic E-state index is 0.126. The predicted molar refractivity (Wildman–Crippen MR) is 71.4 cm³/mol. The molecule has 5 nitrogen and oxygen atoms in total. The highest BCUT2D eigenvalue weighted by Crippen LogP contribution is 2.34. The van der Waals surface area contributed by atoms with Crippen molar-refractivity contribution in [2.75, 3.05) is 12.8 Å². The van der Waals surface area contributed by atoms with E-state index in [4.69, 9.17) is 32.1 Å². The Hall–Kier alpha value is -2.45. The maximum Gasteiger partial charge on any atom is 0.239 e. The zero-order chi connectivity index (χ0) is 13.8. The molecule has 96 valence electrons. The average Bonchev–Trinajstić information content (AvgIpc) is 2.43. The van der Waals surface area contributed by atoms with E-state index in [1.165, 1.54) is 19.4 Å². The van der Waals surface area contributed by atoms with Crippen molar-refractivity contribution in [3.05, 3.63) is 41.0 Å². The molecule has 0 spiro atoms. The van der Waals surface area contributed by atoms with Gasteiger partial charge in [0.25, 0.3) is 0 Å². The van der Waals surface area contributed by atoms with Crippen molar-refractivity contribution in [1.82, 2.24) is 4.98 Å². The SMILES string of the molecule is COc1ccc(N)c(Oc2nccc(C#N)c2Cl)c1. The number of hydrogen-bond donors (Lipinski definition) is 1. The van der Waals surface area contributed by atoms with Crippen molar-refractivity contribution >= 4 is 17.3 Å². The molecule has 0 saturated carbocycles. The molecule has 2 aromatic rings. The third kappa shape index (κ3) is 2.69. The molecule has 0 unspecified atom stereocenters. The molecular weight excluding hydrogens is 266 g/mol. The summed E-state index contributed by atoms with van der Waals surface area (Å²) in [6.45, 7) is 0. The van der Waals surface area contributed by atoms with Gasteiger partial charge in [0.2, 0.25) is 5.88 Å². The highest BCUT2D eigenvalue weighted by molar-refractivity contribution is 6.33. The standard InChI is InChI=1S/C13H10ClN3O2/c1-18-9-2-3-10(16)11(6-9)19-13-12(14)8(7-15)4-5-17-13/h2-6H,16H2,1H3. The van der Waals surface area contributed by atoms with Gasteiger partial charge in [-0.2, -0.15) is 5.26 Å². The number of halogens is 1. The van der Waals surface area contributed by atoms with Gasteiger partial charge in [-0.05, 0) is 18.2 Å². The summed E-state index contributed by atoms with van der Waals surface area (Å²) in [5.74, 6) is 1.08. The Morgan fingerprint density at radius 2 is 2.16 bits per heavy atom. The first-order valence-electron chi connectivity index (χ1n) is 5.31. The number of nitrogens with two attached hydrogens (primary N) is 1. The van der Waals surface area contributed by atoms with Gasteiger partial charge in [0.1, 0.15) is 16.8 Å². The first kappa shape index (κ1) is 13.0. The third-order valence-electron chi connectivity index (χ3n) is 2.41. The number of nitriles is 1. The van der Waals surface area contributed by atoms with Crippen LogP contribution in [0.25, 0.3) is 0 Å². The van der Waals surface area contributed by atoms with Crippen LogP contribution < -0.4 is 15.2 Å². The Balaban J connectivity index is 2.39. The number of nitrogens with zero attached hydrogens (tertiary/aromatic N) is 2. The van der Waals surface area contributed by atoms with Crippen molar-refractivity contribution in [3.8, 4) is 23.4 Å². The van der Waals surface area contributed by atoms with Gasteiger partial charge in [0.15, 0.2) is 5.75 Å². The highest BCUT2D eigenvalue weighted by Gasteiger charge is 2.11. The Kier molecular flexibility index (Phi) is 3.74. The molecule has 19 heavy (non-hydrogen) atoms. The summed E-state index contributed by atoms with van der Waals surface area (Å²) in [7, 11) is 1.54. The van der Waals surface area contributed by atoms with Gasteiger partial charge in [-0.15, -0.1) is 0 Å². The second-order valence-corrected chi connectivity index (χ2v) is 3.97. The van der Waals surface area contributed by atoms with E-state index in [0.29, 0.717) is 17.2 Å². The van der Waals surface area contributed by atoms with Crippen LogP contribution in [0.1, 0.15) is 5.56 Å². The number of anilines is 1. The first-order chi connectivity index (χ1) is 9.15. The molecule has 0 aliphatic rings. The Bertz CT molecular complexity index is 653. The Labute approximate surface area is 115 Å². The molecule has 1 heterocycles. The zero-order valence-electron chi connectivity index (χ0n) is 10.1. The summed E-state index contributed by atoms with van der Waals surface area (Å²) >= 11 is 6.00. The molecule has 1 aromatic carbocycles. The number of methoxy groups -OCH3 is 1. The number of ether oxygens (including phenoxy) is 2. The number of benzene rings is 1. The normalized spacial score (nSPS) is 9.74. The van der Waals surface area contributed by atoms with E-state index in [0.717, 1.165) is 0 Å². The fraction of sp³-hybridized carbons (Fsp3) is 0.0769. The predicted octanol–water partition coefficient (Wildman–Crippen LogP) is 2.99. The van der Waals surface area contributed by atoms with Crippen molar-refractivity contribution in [2.45, 2.75) is 0 Å². The average molecular weight is 276 g/mol. The lowest BCUT2D eigenvalue weighted by atomic mass is 10.2. The molecule has 0 amide bonds. The van der Waals surface area contributed by atoms with Gasteiger partial charge in [0.05, 0.1) is 18.4 Å². The largest absolute Gasteiger partial charge is 0.497 e. The van der Waals surface area contributed by atoms with Crippen LogP contribution in [0.3, 0.4) is 0 Å². The van der Waals surface area contributed by atoms with Crippen molar-refractivity contribution < 1.29 is 9.47 Å². The van der Waals surface area contributed by atoms with Gasteiger partial charge < -0.3 is 15.2 Å². The topological polar surface area (TPSA) is 81.2 Å². The second kappa shape index (κ2) is 5.46. The number of aromatic nitrogens is 1. The molecule has 0 bridgehead atoms. The first-order valence-corrected chi connectivity index (χ1v) is 5.69. The lowest BCUT2D eigenvalue weighted by Crippen LogP contribution is -1.96.